The molecule has 2 aromatic heterocycles. The molecule has 5 aromatic rings. The molecule has 0 saturated heterocycles. The van der Waals surface area contributed by atoms with Crippen LogP contribution in [0, 0.1) is 0 Å². The quantitative estimate of drug-likeness (QED) is 0.404. The number of benzene rings is 3. The first-order valence-corrected chi connectivity index (χ1v) is 10.0. The van der Waals surface area contributed by atoms with E-state index in [4.69, 9.17) is 9.84 Å². The van der Waals surface area contributed by atoms with Gasteiger partial charge in [0.15, 0.2) is 0 Å². The maximum atomic E-state index is 5.23. The molecule has 0 spiro atoms. The summed E-state index contributed by atoms with van der Waals surface area (Å²) in [4.78, 5) is 0. The third-order valence-corrected chi connectivity index (χ3v) is 5.11. The van der Waals surface area contributed by atoms with E-state index in [-0.39, 0.29) is 0 Å². The molecule has 6 heteroatoms. The van der Waals surface area contributed by atoms with E-state index in [0.29, 0.717) is 6.54 Å². The number of nitrogens with zero attached hydrogens (tertiary/aromatic N) is 5. The zero-order valence-corrected chi connectivity index (χ0v) is 17.1. The van der Waals surface area contributed by atoms with Crippen molar-refractivity contribution in [3.8, 4) is 34.0 Å². The number of rotatable bonds is 6. The first kappa shape index (κ1) is 18.8. The van der Waals surface area contributed by atoms with Crippen LogP contribution < -0.4 is 4.74 Å². The summed E-state index contributed by atoms with van der Waals surface area (Å²) < 4.78 is 8.99. The highest BCUT2D eigenvalue weighted by Crippen LogP contribution is 2.25. The van der Waals surface area contributed by atoms with Crippen LogP contribution in [-0.4, -0.2) is 31.9 Å². The number of para-hydroxylation sites is 1. The van der Waals surface area contributed by atoms with E-state index in [1.807, 2.05) is 88.4 Å². The average Bonchev–Trinajstić information content (AvgIpc) is 3.48. The van der Waals surface area contributed by atoms with Crippen molar-refractivity contribution in [2.24, 2.45) is 0 Å². The molecule has 2 heterocycles. The van der Waals surface area contributed by atoms with Gasteiger partial charge in [0.05, 0.1) is 31.2 Å². The van der Waals surface area contributed by atoms with E-state index in [1.165, 1.54) is 0 Å². The molecule has 6 nitrogen and oxygen atoms in total. The molecule has 0 aliphatic carbocycles. The van der Waals surface area contributed by atoms with Crippen molar-refractivity contribution < 1.29 is 4.74 Å². The SMILES string of the molecule is COc1ccc(-c2cn(Cc3cn(-c4ccccc4)nc3-c3ccccc3)nn2)cc1. The summed E-state index contributed by atoms with van der Waals surface area (Å²) >= 11 is 0. The van der Waals surface area contributed by atoms with Gasteiger partial charge in [-0.1, -0.05) is 53.7 Å². The molecule has 31 heavy (non-hydrogen) atoms. The number of hydrogen-bond acceptors (Lipinski definition) is 4. The summed E-state index contributed by atoms with van der Waals surface area (Å²) in [6.07, 6.45) is 4.02. The van der Waals surface area contributed by atoms with Gasteiger partial charge < -0.3 is 4.74 Å². The van der Waals surface area contributed by atoms with Crippen molar-refractivity contribution >= 4 is 0 Å². The third-order valence-electron chi connectivity index (χ3n) is 5.11. The lowest BCUT2D eigenvalue weighted by Crippen LogP contribution is -2.01. The first-order chi connectivity index (χ1) is 15.3. The lowest BCUT2D eigenvalue weighted by atomic mass is 10.1. The van der Waals surface area contributed by atoms with E-state index in [9.17, 15) is 0 Å². The van der Waals surface area contributed by atoms with Crippen LogP contribution in [0.1, 0.15) is 5.56 Å². The third kappa shape index (κ3) is 3.96. The van der Waals surface area contributed by atoms with Crippen LogP contribution in [0.15, 0.2) is 97.3 Å². The Morgan fingerprint density at radius 3 is 2.19 bits per heavy atom. The summed E-state index contributed by atoms with van der Waals surface area (Å²) in [6.45, 7) is 0.570. The van der Waals surface area contributed by atoms with E-state index in [0.717, 1.165) is 39.5 Å². The Balaban J connectivity index is 1.48. The Labute approximate surface area is 180 Å². The Hall–Kier alpha value is -4.19. The van der Waals surface area contributed by atoms with Gasteiger partial charge in [0.1, 0.15) is 11.4 Å². The molecule has 0 fully saturated rings. The summed E-state index contributed by atoms with van der Waals surface area (Å²) in [5.41, 5.74) is 5.91. The first-order valence-electron chi connectivity index (χ1n) is 10.0. The fourth-order valence-corrected chi connectivity index (χ4v) is 3.52. The lowest BCUT2D eigenvalue weighted by Gasteiger charge is -2.02. The number of hydrogen-bond donors (Lipinski definition) is 0. The van der Waals surface area contributed by atoms with Crippen LogP contribution in [0.3, 0.4) is 0 Å². The lowest BCUT2D eigenvalue weighted by molar-refractivity contribution is 0.415. The standard InChI is InChI=1S/C25H21N5O/c1-31-23-14-12-19(13-15-23)24-18-29(28-26-24)16-21-17-30(22-10-6-3-7-11-22)27-25(21)20-8-4-2-5-9-20/h2-15,17-18H,16H2,1H3. The molecule has 0 unspecified atom stereocenters. The van der Waals surface area contributed by atoms with Crippen molar-refractivity contribution in [1.29, 1.82) is 0 Å². The minimum Gasteiger partial charge on any atom is -0.497 e. The zero-order chi connectivity index (χ0) is 21.0. The maximum Gasteiger partial charge on any atom is 0.118 e. The van der Waals surface area contributed by atoms with Gasteiger partial charge in [-0.05, 0) is 36.4 Å². The van der Waals surface area contributed by atoms with Crippen molar-refractivity contribution in [2.45, 2.75) is 6.54 Å². The molecule has 3 aromatic carbocycles. The van der Waals surface area contributed by atoms with Crippen LogP contribution in [0.2, 0.25) is 0 Å². The molecule has 0 saturated carbocycles. The maximum absolute atomic E-state index is 5.23. The molecule has 0 bridgehead atoms. The summed E-state index contributed by atoms with van der Waals surface area (Å²) in [5.74, 6) is 0.817. The molecule has 0 radical (unpaired) electrons. The van der Waals surface area contributed by atoms with Gasteiger partial charge in [0.25, 0.3) is 0 Å². The topological polar surface area (TPSA) is 57.8 Å². The highest BCUT2D eigenvalue weighted by molar-refractivity contribution is 5.63. The van der Waals surface area contributed by atoms with Gasteiger partial charge in [0.2, 0.25) is 0 Å². The van der Waals surface area contributed by atoms with Gasteiger partial charge in [-0.2, -0.15) is 5.10 Å². The van der Waals surface area contributed by atoms with E-state index in [1.54, 1.807) is 7.11 Å². The molecule has 5 rings (SSSR count). The van der Waals surface area contributed by atoms with Crippen LogP contribution in [-0.2, 0) is 6.54 Å². The molecule has 0 N–H and O–H groups in total. The molecule has 0 atom stereocenters. The minimum absolute atomic E-state index is 0.570. The second-order valence-corrected chi connectivity index (χ2v) is 7.18. The summed E-state index contributed by atoms with van der Waals surface area (Å²) in [5, 5.41) is 13.6. The predicted octanol–water partition coefficient (Wildman–Crippen LogP) is 4.85. The Kier molecular flexibility index (Phi) is 5.02. The van der Waals surface area contributed by atoms with Gasteiger partial charge in [-0.25, -0.2) is 9.36 Å². The van der Waals surface area contributed by atoms with E-state index >= 15 is 0 Å². The second-order valence-electron chi connectivity index (χ2n) is 7.18. The van der Waals surface area contributed by atoms with Crippen molar-refractivity contribution in [1.82, 2.24) is 24.8 Å². The van der Waals surface area contributed by atoms with Crippen molar-refractivity contribution in [2.75, 3.05) is 7.11 Å². The highest BCUT2D eigenvalue weighted by Gasteiger charge is 2.14. The van der Waals surface area contributed by atoms with Crippen LogP contribution in [0.5, 0.6) is 5.75 Å². The largest absolute Gasteiger partial charge is 0.497 e. The van der Waals surface area contributed by atoms with Gasteiger partial charge in [0, 0.05) is 22.9 Å². The molecule has 0 aliphatic rings. The van der Waals surface area contributed by atoms with Crippen molar-refractivity contribution in [3.63, 3.8) is 0 Å². The Morgan fingerprint density at radius 2 is 1.48 bits per heavy atom. The van der Waals surface area contributed by atoms with Crippen molar-refractivity contribution in [3.05, 3.63) is 103 Å². The Morgan fingerprint density at radius 1 is 0.774 bits per heavy atom. The molecular formula is C25H21N5O. The molecule has 0 aliphatic heterocycles. The fraction of sp³-hybridized carbons (Fsp3) is 0.0800. The number of methoxy groups -OCH3 is 1. The van der Waals surface area contributed by atoms with Crippen LogP contribution >= 0.6 is 0 Å². The van der Waals surface area contributed by atoms with E-state index in [2.05, 4.69) is 28.6 Å². The molecular weight excluding hydrogens is 386 g/mol. The Bertz CT molecular complexity index is 1270. The van der Waals surface area contributed by atoms with Gasteiger partial charge in [-0.15, -0.1) is 5.10 Å². The smallest absolute Gasteiger partial charge is 0.118 e. The monoisotopic (exact) mass is 407 g/mol. The molecule has 0 amide bonds. The van der Waals surface area contributed by atoms with Crippen LogP contribution in [0.4, 0.5) is 0 Å². The second kappa shape index (κ2) is 8.28. The normalized spacial score (nSPS) is 10.9. The highest BCUT2D eigenvalue weighted by atomic mass is 16.5. The number of ether oxygens (including phenoxy) is 1. The summed E-state index contributed by atoms with van der Waals surface area (Å²) in [7, 11) is 1.66. The average molecular weight is 407 g/mol. The van der Waals surface area contributed by atoms with Crippen LogP contribution in [0.25, 0.3) is 28.2 Å². The summed E-state index contributed by atoms with van der Waals surface area (Å²) in [6, 6.07) is 28.1. The number of aromatic nitrogens is 5. The fourth-order valence-electron chi connectivity index (χ4n) is 3.52. The predicted molar refractivity (Wildman–Crippen MR) is 120 cm³/mol. The van der Waals surface area contributed by atoms with E-state index < -0.39 is 0 Å². The minimum atomic E-state index is 0.570. The molecule has 152 valence electrons. The zero-order valence-electron chi connectivity index (χ0n) is 17.1. The van der Waals surface area contributed by atoms with Gasteiger partial charge >= 0.3 is 0 Å². The van der Waals surface area contributed by atoms with Gasteiger partial charge in [-0.3, -0.25) is 0 Å².